The largest absolute Gasteiger partial charge is 0.494 e. The molecule has 0 amide bonds. The lowest BCUT2D eigenvalue weighted by atomic mass is 10.2. The molecule has 164 valence electrons. The molecule has 0 saturated carbocycles. The fourth-order valence-electron chi connectivity index (χ4n) is 3.17. The number of ether oxygens (including phenoxy) is 2. The molecule has 0 radical (unpaired) electrons. The standard InChI is InChI=1S/C19H20F3N7O2/c1-30-14-11-12(28-7-9-31-10-8-28)5-6-13(14)24-18-26-17(23)29(27-18)16-4-2-3-15(25-16)19(20,21)22/h2-6,11H,7-10H2,1H3,(H3,23,24,26,27). The number of hydrogen-bond donors (Lipinski definition) is 2. The summed E-state index contributed by atoms with van der Waals surface area (Å²) in [4.78, 5) is 9.84. The number of halogens is 3. The number of nitrogens with zero attached hydrogens (tertiary/aromatic N) is 5. The smallest absolute Gasteiger partial charge is 0.433 e. The van der Waals surface area contributed by atoms with Gasteiger partial charge in [-0.25, -0.2) is 4.98 Å². The number of nitrogens with two attached hydrogens (primary N) is 1. The van der Waals surface area contributed by atoms with Gasteiger partial charge in [0.1, 0.15) is 11.4 Å². The van der Waals surface area contributed by atoms with Gasteiger partial charge in [-0.3, -0.25) is 0 Å². The van der Waals surface area contributed by atoms with Crippen LogP contribution in [0.1, 0.15) is 5.69 Å². The maximum Gasteiger partial charge on any atom is 0.433 e. The summed E-state index contributed by atoms with van der Waals surface area (Å²) >= 11 is 0. The third kappa shape index (κ3) is 4.48. The van der Waals surface area contributed by atoms with E-state index in [1.54, 1.807) is 0 Å². The Morgan fingerprint density at radius 2 is 1.90 bits per heavy atom. The van der Waals surface area contributed by atoms with Crippen molar-refractivity contribution < 1.29 is 22.6 Å². The Labute approximate surface area is 175 Å². The molecule has 2 aromatic heterocycles. The van der Waals surface area contributed by atoms with E-state index in [0.717, 1.165) is 29.5 Å². The van der Waals surface area contributed by atoms with Crippen molar-refractivity contribution in [1.29, 1.82) is 0 Å². The summed E-state index contributed by atoms with van der Waals surface area (Å²) in [7, 11) is 1.54. The van der Waals surface area contributed by atoms with Gasteiger partial charge in [-0.15, -0.1) is 5.10 Å². The van der Waals surface area contributed by atoms with Crippen LogP contribution in [0.25, 0.3) is 5.82 Å². The number of alkyl halides is 3. The number of nitrogens with one attached hydrogen (secondary N) is 1. The molecule has 3 aromatic rings. The van der Waals surface area contributed by atoms with Crippen LogP contribution in [0.5, 0.6) is 5.75 Å². The molecule has 0 unspecified atom stereocenters. The number of pyridine rings is 1. The van der Waals surface area contributed by atoms with Gasteiger partial charge in [-0.05, 0) is 24.3 Å². The van der Waals surface area contributed by atoms with Gasteiger partial charge >= 0.3 is 6.18 Å². The first kappa shape index (κ1) is 20.7. The van der Waals surface area contributed by atoms with Crippen LogP contribution in [0.15, 0.2) is 36.4 Å². The minimum Gasteiger partial charge on any atom is -0.494 e. The molecule has 0 atom stereocenters. The van der Waals surface area contributed by atoms with E-state index in [-0.39, 0.29) is 17.7 Å². The molecule has 3 heterocycles. The molecular weight excluding hydrogens is 415 g/mol. The molecule has 4 rings (SSSR count). The summed E-state index contributed by atoms with van der Waals surface area (Å²) in [5, 5.41) is 7.13. The first-order valence-corrected chi connectivity index (χ1v) is 9.40. The Morgan fingerprint density at radius 1 is 1.13 bits per heavy atom. The lowest BCUT2D eigenvalue weighted by molar-refractivity contribution is -0.141. The average molecular weight is 435 g/mol. The second kappa shape index (κ2) is 8.30. The highest BCUT2D eigenvalue weighted by Gasteiger charge is 2.32. The maximum atomic E-state index is 13.0. The van der Waals surface area contributed by atoms with E-state index in [1.807, 2.05) is 18.2 Å². The van der Waals surface area contributed by atoms with Crippen molar-refractivity contribution >= 4 is 23.3 Å². The van der Waals surface area contributed by atoms with Crippen LogP contribution in [0, 0.1) is 0 Å². The van der Waals surface area contributed by atoms with E-state index >= 15 is 0 Å². The molecule has 12 heteroatoms. The van der Waals surface area contributed by atoms with Crippen molar-refractivity contribution in [3.63, 3.8) is 0 Å². The topological polar surface area (TPSA) is 103 Å². The van der Waals surface area contributed by atoms with Crippen LogP contribution < -0.4 is 20.7 Å². The molecule has 9 nitrogen and oxygen atoms in total. The Hall–Kier alpha value is -3.54. The number of benzene rings is 1. The lowest BCUT2D eigenvalue weighted by Gasteiger charge is -2.29. The van der Waals surface area contributed by atoms with Crippen LogP contribution in [0.3, 0.4) is 0 Å². The van der Waals surface area contributed by atoms with Crippen LogP contribution in [0.4, 0.5) is 36.4 Å². The van der Waals surface area contributed by atoms with Gasteiger partial charge in [0.25, 0.3) is 0 Å². The van der Waals surface area contributed by atoms with Crippen molar-refractivity contribution in [3.05, 3.63) is 42.1 Å². The predicted molar refractivity (Wildman–Crippen MR) is 108 cm³/mol. The SMILES string of the molecule is COc1cc(N2CCOCC2)ccc1Nc1nc(N)n(-c2cccc(C(F)(F)F)n2)n1. The normalized spacial score (nSPS) is 14.5. The molecule has 0 aliphatic carbocycles. The van der Waals surface area contributed by atoms with Crippen molar-refractivity contribution in [3.8, 4) is 11.6 Å². The minimum atomic E-state index is -4.58. The number of nitrogen functional groups attached to an aromatic ring is 1. The third-order valence-corrected chi connectivity index (χ3v) is 4.68. The Bertz CT molecular complexity index is 1060. The summed E-state index contributed by atoms with van der Waals surface area (Å²) in [6, 6.07) is 9.07. The van der Waals surface area contributed by atoms with Gasteiger partial charge in [-0.2, -0.15) is 22.8 Å². The molecule has 1 aromatic carbocycles. The zero-order valence-electron chi connectivity index (χ0n) is 16.6. The van der Waals surface area contributed by atoms with Crippen molar-refractivity contribution in [1.82, 2.24) is 19.7 Å². The van der Waals surface area contributed by atoms with E-state index in [4.69, 9.17) is 15.2 Å². The highest BCUT2D eigenvalue weighted by atomic mass is 19.4. The van der Waals surface area contributed by atoms with E-state index in [0.29, 0.717) is 24.7 Å². The van der Waals surface area contributed by atoms with Gasteiger partial charge < -0.3 is 25.4 Å². The van der Waals surface area contributed by atoms with Crippen molar-refractivity contribution in [2.45, 2.75) is 6.18 Å². The van der Waals surface area contributed by atoms with Crippen LogP contribution >= 0.6 is 0 Å². The van der Waals surface area contributed by atoms with Crippen LogP contribution in [-0.2, 0) is 10.9 Å². The van der Waals surface area contributed by atoms with Crippen LogP contribution in [-0.4, -0.2) is 53.2 Å². The Balaban J connectivity index is 1.58. The number of morpholine rings is 1. The van der Waals surface area contributed by atoms with E-state index < -0.39 is 11.9 Å². The average Bonchev–Trinajstić information content (AvgIpc) is 3.14. The van der Waals surface area contributed by atoms with Gasteiger partial charge in [-0.1, -0.05) is 6.07 Å². The predicted octanol–water partition coefficient (Wildman–Crippen LogP) is 2.85. The minimum absolute atomic E-state index is 0.0918. The highest BCUT2D eigenvalue weighted by Crippen LogP contribution is 2.32. The fraction of sp³-hybridized carbons (Fsp3) is 0.316. The Morgan fingerprint density at radius 3 is 2.61 bits per heavy atom. The molecule has 31 heavy (non-hydrogen) atoms. The molecule has 1 fully saturated rings. The fourth-order valence-corrected chi connectivity index (χ4v) is 3.17. The summed E-state index contributed by atoms with van der Waals surface area (Å²) in [5.41, 5.74) is 6.37. The number of anilines is 4. The second-order valence-corrected chi connectivity index (χ2v) is 6.69. The van der Waals surface area contributed by atoms with Crippen molar-refractivity contribution in [2.24, 2.45) is 0 Å². The van der Waals surface area contributed by atoms with E-state index in [9.17, 15) is 13.2 Å². The zero-order valence-corrected chi connectivity index (χ0v) is 16.6. The molecule has 1 saturated heterocycles. The highest BCUT2D eigenvalue weighted by molar-refractivity contribution is 5.68. The molecule has 0 spiro atoms. The summed E-state index contributed by atoms with van der Waals surface area (Å²) in [5.74, 6) is 0.436. The zero-order chi connectivity index (χ0) is 22.0. The number of rotatable bonds is 5. The summed E-state index contributed by atoms with van der Waals surface area (Å²) in [6.45, 7) is 2.88. The number of hydrogen-bond acceptors (Lipinski definition) is 8. The summed E-state index contributed by atoms with van der Waals surface area (Å²) in [6.07, 6.45) is -4.58. The van der Waals surface area contributed by atoms with Gasteiger partial charge in [0.2, 0.25) is 11.9 Å². The number of aromatic nitrogens is 4. The van der Waals surface area contributed by atoms with Crippen molar-refractivity contribution in [2.75, 3.05) is 49.4 Å². The molecule has 0 bridgehead atoms. The molecule has 3 N–H and O–H groups in total. The first-order valence-electron chi connectivity index (χ1n) is 9.40. The monoisotopic (exact) mass is 435 g/mol. The maximum absolute atomic E-state index is 13.0. The lowest BCUT2D eigenvalue weighted by Crippen LogP contribution is -2.36. The number of methoxy groups -OCH3 is 1. The quantitative estimate of drug-likeness (QED) is 0.631. The third-order valence-electron chi connectivity index (χ3n) is 4.68. The molecular formula is C19H20F3N7O2. The van der Waals surface area contributed by atoms with Gasteiger partial charge in [0, 0.05) is 24.8 Å². The van der Waals surface area contributed by atoms with Gasteiger partial charge in [0.15, 0.2) is 5.82 Å². The Kier molecular flexibility index (Phi) is 5.55. The molecule has 1 aliphatic rings. The first-order chi connectivity index (χ1) is 14.8. The van der Waals surface area contributed by atoms with E-state index in [1.165, 1.54) is 19.2 Å². The second-order valence-electron chi connectivity index (χ2n) is 6.69. The van der Waals surface area contributed by atoms with Gasteiger partial charge in [0.05, 0.1) is 26.0 Å². The van der Waals surface area contributed by atoms with E-state index in [2.05, 4.69) is 25.3 Å². The summed E-state index contributed by atoms with van der Waals surface area (Å²) < 4.78 is 50.7. The van der Waals surface area contributed by atoms with Crippen LogP contribution in [0.2, 0.25) is 0 Å². The molecule has 1 aliphatic heterocycles.